The van der Waals surface area contributed by atoms with Crippen LogP contribution in [0, 0.1) is 11.6 Å². The number of halogens is 4. The normalized spacial score (nSPS) is 17.0. The highest BCUT2D eigenvalue weighted by Gasteiger charge is 2.20. The molecule has 0 saturated carbocycles. The second-order valence-electron chi connectivity index (χ2n) is 11.1. The van der Waals surface area contributed by atoms with Gasteiger partial charge in [-0.25, -0.2) is 18.7 Å². The molecule has 2 aromatic heterocycles. The molecular formula is C31H40Br2F2N4O4. The van der Waals surface area contributed by atoms with Gasteiger partial charge in [0.05, 0.1) is 11.0 Å². The molecule has 236 valence electrons. The van der Waals surface area contributed by atoms with Gasteiger partial charge in [-0.2, -0.15) is 0 Å². The molecule has 8 nitrogen and oxygen atoms in total. The number of aromatic nitrogens is 4. The van der Waals surface area contributed by atoms with Crippen LogP contribution in [-0.4, -0.2) is 50.3 Å². The summed E-state index contributed by atoms with van der Waals surface area (Å²) in [4.78, 5) is 8.56. The van der Waals surface area contributed by atoms with Crippen molar-refractivity contribution in [2.45, 2.75) is 91.4 Å². The first-order chi connectivity index (χ1) is 20.6. The average molecular weight is 730 g/mol. The SMILES string of the molecule is C1CCOC1.CC(C)n1c(CO)nc2c(F)cc(Br)cc21.CC(C)n1c(COC2CCCCO2)nc2c(F)cc(Br)cc21. The number of imidazole rings is 2. The van der Waals surface area contributed by atoms with Crippen molar-refractivity contribution in [3.63, 3.8) is 0 Å². The summed E-state index contributed by atoms with van der Waals surface area (Å²) in [7, 11) is 0. The van der Waals surface area contributed by atoms with Gasteiger partial charge in [0, 0.05) is 40.8 Å². The van der Waals surface area contributed by atoms with Crippen LogP contribution in [0.5, 0.6) is 0 Å². The highest BCUT2D eigenvalue weighted by molar-refractivity contribution is 9.10. The van der Waals surface area contributed by atoms with Gasteiger partial charge in [-0.1, -0.05) is 31.9 Å². The molecule has 0 bridgehead atoms. The van der Waals surface area contributed by atoms with Crippen molar-refractivity contribution in [1.29, 1.82) is 0 Å². The summed E-state index contributed by atoms with van der Waals surface area (Å²) in [6, 6.07) is 6.82. The summed E-state index contributed by atoms with van der Waals surface area (Å²) >= 11 is 6.60. The molecule has 2 aromatic carbocycles. The number of nitrogens with zero attached hydrogens (tertiary/aromatic N) is 4. The Morgan fingerprint density at radius 3 is 1.79 bits per heavy atom. The maximum absolute atomic E-state index is 14.1. The third-order valence-corrected chi connectivity index (χ3v) is 8.03. The van der Waals surface area contributed by atoms with Crippen LogP contribution in [0.25, 0.3) is 22.1 Å². The lowest BCUT2D eigenvalue weighted by Gasteiger charge is -2.23. The van der Waals surface area contributed by atoms with E-state index in [1.54, 1.807) is 0 Å². The lowest BCUT2D eigenvalue weighted by molar-refractivity contribution is -0.170. The van der Waals surface area contributed by atoms with E-state index in [-0.39, 0.29) is 36.6 Å². The third kappa shape index (κ3) is 8.61. The van der Waals surface area contributed by atoms with Crippen LogP contribution in [0.2, 0.25) is 0 Å². The zero-order chi connectivity index (χ0) is 31.1. The van der Waals surface area contributed by atoms with E-state index in [0.717, 1.165) is 50.4 Å². The van der Waals surface area contributed by atoms with E-state index in [1.807, 2.05) is 35.1 Å². The molecule has 1 atom stereocenters. The Bertz CT molecular complexity index is 1490. The van der Waals surface area contributed by atoms with Gasteiger partial charge in [-0.3, -0.25) is 0 Å². The average Bonchev–Trinajstić information content (AvgIpc) is 3.72. The molecule has 1 unspecified atom stereocenters. The summed E-state index contributed by atoms with van der Waals surface area (Å²) in [5.74, 6) is 0.524. The van der Waals surface area contributed by atoms with Gasteiger partial charge in [0.2, 0.25) is 0 Å². The Balaban J connectivity index is 0.000000175. The van der Waals surface area contributed by atoms with E-state index in [0.29, 0.717) is 37.9 Å². The standard InChI is InChI=1S/C16H20BrFN2O2.C11H12BrFN2O.C4H8O/c1-10(2)20-13-8-11(17)7-12(18)16(13)19-14(20)9-22-15-5-3-4-6-21-15;1-6(2)15-9-4-7(12)3-8(13)11(9)14-10(15)5-16;1-2-4-5-3-1/h7-8,10,15H,3-6,9H2,1-2H3;3-4,6,16H,5H2,1-2H3;1-4H2. The molecule has 12 heteroatoms. The van der Waals surface area contributed by atoms with Gasteiger partial charge in [0.25, 0.3) is 0 Å². The number of hydrogen-bond acceptors (Lipinski definition) is 6. The molecule has 2 saturated heterocycles. The van der Waals surface area contributed by atoms with Gasteiger partial charge < -0.3 is 28.5 Å². The molecule has 4 aromatic rings. The predicted octanol–water partition coefficient (Wildman–Crippen LogP) is 8.37. The first-order valence-corrected chi connectivity index (χ1v) is 16.3. The largest absolute Gasteiger partial charge is 0.388 e. The highest BCUT2D eigenvalue weighted by atomic mass is 79.9. The van der Waals surface area contributed by atoms with Crippen molar-refractivity contribution in [2.24, 2.45) is 0 Å². The Kier molecular flexibility index (Phi) is 12.5. The molecule has 4 heterocycles. The number of aliphatic hydroxyl groups is 1. The van der Waals surface area contributed by atoms with Crippen LogP contribution in [-0.2, 0) is 27.4 Å². The predicted molar refractivity (Wildman–Crippen MR) is 170 cm³/mol. The molecule has 43 heavy (non-hydrogen) atoms. The molecule has 2 aliphatic heterocycles. The topological polar surface area (TPSA) is 83.6 Å². The fourth-order valence-electron chi connectivity index (χ4n) is 5.22. The summed E-state index contributed by atoms with van der Waals surface area (Å²) in [5.41, 5.74) is 2.18. The number of aliphatic hydroxyl groups excluding tert-OH is 1. The lowest BCUT2D eigenvalue weighted by atomic mass is 10.2. The highest BCUT2D eigenvalue weighted by Crippen LogP contribution is 2.29. The Labute approximate surface area is 268 Å². The summed E-state index contributed by atoms with van der Waals surface area (Å²) < 4.78 is 49.4. The number of ether oxygens (including phenoxy) is 3. The molecule has 0 radical (unpaired) electrons. The van der Waals surface area contributed by atoms with Crippen molar-refractivity contribution < 1.29 is 28.1 Å². The van der Waals surface area contributed by atoms with Crippen molar-refractivity contribution in [3.05, 3.63) is 56.5 Å². The van der Waals surface area contributed by atoms with Crippen LogP contribution in [0.3, 0.4) is 0 Å². The molecule has 0 spiro atoms. The summed E-state index contributed by atoms with van der Waals surface area (Å²) in [6.07, 6.45) is 5.49. The molecule has 2 fully saturated rings. The number of hydrogen-bond donors (Lipinski definition) is 1. The lowest BCUT2D eigenvalue weighted by Crippen LogP contribution is -2.23. The minimum Gasteiger partial charge on any atom is -0.388 e. The number of benzene rings is 2. The van der Waals surface area contributed by atoms with Crippen LogP contribution < -0.4 is 0 Å². The first kappa shape index (κ1) is 33.9. The monoisotopic (exact) mass is 728 g/mol. The molecular weight excluding hydrogens is 690 g/mol. The van der Waals surface area contributed by atoms with Crippen LogP contribution in [0.4, 0.5) is 8.78 Å². The van der Waals surface area contributed by atoms with E-state index in [1.165, 1.54) is 25.0 Å². The quantitative estimate of drug-likeness (QED) is 0.215. The van der Waals surface area contributed by atoms with Crippen molar-refractivity contribution in [2.75, 3.05) is 19.8 Å². The van der Waals surface area contributed by atoms with Crippen molar-refractivity contribution >= 4 is 53.9 Å². The maximum Gasteiger partial charge on any atom is 0.158 e. The van der Waals surface area contributed by atoms with E-state index >= 15 is 0 Å². The Morgan fingerprint density at radius 1 is 0.837 bits per heavy atom. The zero-order valence-corrected chi connectivity index (χ0v) is 28.3. The Hall–Kier alpha value is -1.96. The van der Waals surface area contributed by atoms with Crippen LogP contribution in [0.1, 0.15) is 83.5 Å². The van der Waals surface area contributed by atoms with Gasteiger partial charge in [0.15, 0.2) is 17.9 Å². The van der Waals surface area contributed by atoms with Gasteiger partial charge in [-0.15, -0.1) is 0 Å². The minimum absolute atomic E-state index is 0.126. The second kappa shape index (κ2) is 15.9. The summed E-state index contributed by atoms with van der Waals surface area (Å²) in [6.45, 7) is 10.9. The molecule has 0 amide bonds. The van der Waals surface area contributed by atoms with Crippen LogP contribution in [0.15, 0.2) is 33.2 Å². The van der Waals surface area contributed by atoms with Crippen molar-refractivity contribution in [1.82, 2.24) is 19.1 Å². The number of rotatable bonds is 6. The molecule has 2 aliphatic rings. The molecule has 1 N–H and O–H groups in total. The molecule has 6 rings (SSSR count). The number of fused-ring (bicyclic) bond motifs is 2. The Morgan fingerprint density at radius 2 is 1.35 bits per heavy atom. The second-order valence-corrected chi connectivity index (χ2v) is 12.9. The van der Waals surface area contributed by atoms with Crippen LogP contribution >= 0.6 is 31.9 Å². The fraction of sp³-hybridized carbons (Fsp3) is 0.548. The smallest absolute Gasteiger partial charge is 0.158 e. The van der Waals surface area contributed by atoms with Gasteiger partial charge in [0.1, 0.15) is 35.9 Å². The zero-order valence-electron chi connectivity index (χ0n) is 25.1. The van der Waals surface area contributed by atoms with E-state index in [4.69, 9.17) is 14.2 Å². The molecule has 0 aliphatic carbocycles. The minimum atomic E-state index is -0.376. The van der Waals surface area contributed by atoms with E-state index in [2.05, 4.69) is 55.7 Å². The first-order valence-electron chi connectivity index (χ1n) is 14.7. The van der Waals surface area contributed by atoms with E-state index < -0.39 is 0 Å². The summed E-state index contributed by atoms with van der Waals surface area (Å²) in [5, 5.41) is 9.21. The van der Waals surface area contributed by atoms with Crippen molar-refractivity contribution in [3.8, 4) is 0 Å². The maximum atomic E-state index is 14.1. The van der Waals surface area contributed by atoms with Gasteiger partial charge >= 0.3 is 0 Å². The fourth-order valence-corrected chi connectivity index (χ4v) is 6.06. The van der Waals surface area contributed by atoms with E-state index in [9.17, 15) is 13.9 Å². The van der Waals surface area contributed by atoms with Gasteiger partial charge in [-0.05, 0) is 84.1 Å². The third-order valence-electron chi connectivity index (χ3n) is 7.11.